The van der Waals surface area contributed by atoms with Crippen LogP contribution in [0, 0.1) is 13.8 Å². The van der Waals surface area contributed by atoms with Gasteiger partial charge in [0.1, 0.15) is 18.1 Å². The SMILES string of the molecule is Cc1cc(SCCCc2ccc(-c3ccc(CCCSc4ccc(OCC(=O)O)c(C)c4)c(C(F)(F)F)c3)cc2C(F)(F)F)ccc1OCC=O. The fourth-order valence-electron chi connectivity index (χ4n) is 5.39. The van der Waals surface area contributed by atoms with Gasteiger partial charge in [0.05, 0.1) is 11.1 Å². The maximum Gasteiger partial charge on any atom is 0.416 e. The fraction of sp³-hybridized carbons (Fsp3) is 0.316. The number of thioether (sulfide) groups is 2. The van der Waals surface area contributed by atoms with Crippen molar-refractivity contribution in [2.45, 2.75) is 61.7 Å². The van der Waals surface area contributed by atoms with E-state index in [1.165, 1.54) is 47.8 Å². The van der Waals surface area contributed by atoms with Gasteiger partial charge in [-0.15, -0.1) is 23.5 Å². The van der Waals surface area contributed by atoms with E-state index in [0.29, 0.717) is 42.1 Å². The van der Waals surface area contributed by atoms with Crippen molar-refractivity contribution in [3.63, 3.8) is 0 Å². The number of ether oxygens (including phenoxy) is 2. The molecule has 0 aliphatic carbocycles. The molecule has 5 nitrogen and oxygen atoms in total. The summed E-state index contributed by atoms with van der Waals surface area (Å²) in [6.45, 7) is 3.07. The predicted molar refractivity (Wildman–Crippen MR) is 187 cm³/mol. The van der Waals surface area contributed by atoms with Crippen molar-refractivity contribution in [3.8, 4) is 22.6 Å². The number of hydrogen-bond acceptors (Lipinski definition) is 6. The quantitative estimate of drug-likeness (QED) is 0.0499. The number of aldehydes is 1. The molecule has 0 radical (unpaired) electrons. The second kappa shape index (κ2) is 17.9. The Balaban J connectivity index is 1.41. The third-order valence-electron chi connectivity index (χ3n) is 7.83. The molecule has 0 fully saturated rings. The summed E-state index contributed by atoms with van der Waals surface area (Å²) in [5.41, 5.74) is 0.0366. The molecule has 0 saturated heterocycles. The molecule has 0 aromatic heterocycles. The van der Waals surface area contributed by atoms with E-state index in [-0.39, 0.29) is 41.7 Å². The topological polar surface area (TPSA) is 72.8 Å². The zero-order valence-corrected chi connectivity index (χ0v) is 29.5. The molecule has 0 bridgehead atoms. The fourth-order valence-corrected chi connectivity index (χ4v) is 7.29. The Hall–Kier alpha value is -4.10. The van der Waals surface area contributed by atoms with Crippen molar-refractivity contribution >= 4 is 35.8 Å². The molecule has 0 aliphatic heterocycles. The Bertz CT molecular complexity index is 1820. The van der Waals surface area contributed by atoms with E-state index in [4.69, 9.17) is 14.6 Å². The number of halogens is 6. The molecule has 0 aliphatic rings. The Labute approximate surface area is 300 Å². The van der Waals surface area contributed by atoms with Crippen LogP contribution in [-0.4, -0.2) is 42.1 Å². The Morgan fingerprint density at radius 1 is 0.686 bits per heavy atom. The van der Waals surface area contributed by atoms with Gasteiger partial charge in [-0.2, -0.15) is 26.3 Å². The first-order valence-electron chi connectivity index (χ1n) is 15.9. The molecule has 1 N–H and O–H groups in total. The number of carboxylic acid groups (broad SMARTS) is 1. The normalized spacial score (nSPS) is 11.8. The molecular formula is C38H36F6O5S2. The second-order valence-corrected chi connectivity index (χ2v) is 14.0. The molecule has 0 saturated carbocycles. The summed E-state index contributed by atoms with van der Waals surface area (Å²) in [6.07, 6.45) is -7.64. The molecule has 272 valence electrons. The average molecular weight is 751 g/mol. The van der Waals surface area contributed by atoms with Crippen LogP contribution in [-0.2, 0) is 34.8 Å². The maximum atomic E-state index is 14.2. The molecule has 0 amide bonds. The molecule has 0 atom stereocenters. The molecule has 51 heavy (non-hydrogen) atoms. The second-order valence-electron chi connectivity index (χ2n) is 11.7. The Morgan fingerprint density at radius 2 is 1.14 bits per heavy atom. The molecular weight excluding hydrogens is 715 g/mol. The van der Waals surface area contributed by atoms with E-state index in [1.54, 1.807) is 25.1 Å². The van der Waals surface area contributed by atoms with Crippen LogP contribution in [0.4, 0.5) is 26.3 Å². The predicted octanol–water partition coefficient (Wildman–Crippen LogP) is 10.5. The van der Waals surface area contributed by atoms with Gasteiger partial charge in [0.15, 0.2) is 12.9 Å². The van der Waals surface area contributed by atoms with E-state index in [9.17, 15) is 35.9 Å². The van der Waals surface area contributed by atoms with Gasteiger partial charge in [-0.25, -0.2) is 4.79 Å². The summed E-state index contributed by atoms with van der Waals surface area (Å²) in [5.74, 6) is 0.959. The number of carbonyl (C=O) groups is 2. The number of rotatable bonds is 17. The van der Waals surface area contributed by atoms with E-state index in [1.807, 2.05) is 25.1 Å². The highest BCUT2D eigenvalue weighted by Crippen LogP contribution is 2.39. The van der Waals surface area contributed by atoms with Gasteiger partial charge in [-0.3, -0.25) is 4.79 Å². The van der Waals surface area contributed by atoms with E-state index in [2.05, 4.69) is 0 Å². The van der Waals surface area contributed by atoms with E-state index >= 15 is 0 Å². The first kappa shape index (κ1) is 39.7. The zero-order valence-electron chi connectivity index (χ0n) is 27.8. The van der Waals surface area contributed by atoms with E-state index < -0.39 is 36.1 Å². The number of alkyl halides is 6. The van der Waals surface area contributed by atoms with Crippen molar-refractivity contribution in [1.29, 1.82) is 0 Å². The molecule has 13 heteroatoms. The maximum absolute atomic E-state index is 14.2. The number of aryl methyl sites for hydroxylation is 4. The number of aliphatic carboxylic acids is 1. The summed E-state index contributed by atoms with van der Waals surface area (Å²) in [6, 6.07) is 18.0. The van der Waals surface area contributed by atoms with Gasteiger partial charge >= 0.3 is 18.3 Å². The monoisotopic (exact) mass is 750 g/mol. The number of hydrogen-bond donors (Lipinski definition) is 1. The lowest BCUT2D eigenvalue weighted by atomic mass is 9.93. The van der Waals surface area contributed by atoms with Crippen LogP contribution >= 0.6 is 23.5 Å². The zero-order chi connectivity index (χ0) is 37.2. The smallest absolute Gasteiger partial charge is 0.416 e. The van der Waals surface area contributed by atoms with Gasteiger partial charge in [0.2, 0.25) is 0 Å². The molecule has 0 unspecified atom stereocenters. The van der Waals surface area contributed by atoms with Gasteiger partial charge in [-0.05, 0) is 133 Å². The van der Waals surface area contributed by atoms with Crippen LogP contribution in [0.1, 0.15) is 46.2 Å². The van der Waals surface area contributed by atoms with Crippen LogP contribution in [0.2, 0.25) is 0 Å². The molecule has 0 spiro atoms. The summed E-state index contributed by atoms with van der Waals surface area (Å²) < 4.78 is 95.6. The first-order chi connectivity index (χ1) is 24.2. The standard InChI is InChI=1S/C38H36F6O5S2/c1-24-19-30(11-13-34(24)48-16-15-45)50-17-3-5-26-7-9-28(21-32(26)37(39,40)41)29-10-8-27(33(22-29)38(42,43)44)6-4-18-51-31-12-14-35(25(2)20-31)49-23-36(46)47/h7-15,19-22H,3-6,16-18,23H2,1-2H3,(H,46,47). The number of benzene rings is 4. The summed E-state index contributed by atoms with van der Waals surface area (Å²) in [4.78, 5) is 23.0. The van der Waals surface area contributed by atoms with Crippen LogP contribution < -0.4 is 9.47 Å². The van der Waals surface area contributed by atoms with Crippen molar-refractivity contribution < 1.29 is 50.5 Å². The minimum atomic E-state index is -4.70. The molecule has 4 aromatic rings. The minimum Gasteiger partial charge on any atom is -0.486 e. The highest BCUT2D eigenvalue weighted by atomic mass is 32.2. The van der Waals surface area contributed by atoms with Crippen LogP contribution in [0.25, 0.3) is 11.1 Å². The minimum absolute atomic E-state index is 0.0460. The van der Waals surface area contributed by atoms with Gasteiger partial charge in [0, 0.05) is 9.79 Å². The third-order valence-corrected chi connectivity index (χ3v) is 9.99. The summed E-state index contributed by atoms with van der Waals surface area (Å²) in [7, 11) is 0. The summed E-state index contributed by atoms with van der Waals surface area (Å²) >= 11 is 2.92. The lowest BCUT2D eigenvalue weighted by Gasteiger charge is -2.17. The van der Waals surface area contributed by atoms with Gasteiger partial charge in [-0.1, -0.05) is 24.3 Å². The van der Waals surface area contributed by atoms with Crippen molar-refractivity contribution in [2.75, 3.05) is 24.7 Å². The first-order valence-corrected chi connectivity index (χ1v) is 17.9. The third kappa shape index (κ3) is 11.7. The van der Waals surface area contributed by atoms with Crippen molar-refractivity contribution in [3.05, 3.63) is 106 Å². The number of carboxylic acids is 1. The highest BCUT2D eigenvalue weighted by molar-refractivity contribution is 7.99. The highest BCUT2D eigenvalue weighted by Gasteiger charge is 2.35. The Morgan fingerprint density at radius 3 is 1.53 bits per heavy atom. The van der Waals surface area contributed by atoms with Gasteiger partial charge < -0.3 is 14.6 Å². The summed E-state index contributed by atoms with van der Waals surface area (Å²) in [5, 5.41) is 8.79. The van der Waals surface area contributed by atoms with Crippen molar-refractivity contribution in [1.82, 2.24) is 0 Å². The lowest BCUT2D eigenvalue weighted by Crippen LogP contribution is -2.11. The largest absolute Gasteiger partial charge is 0.486 e. The van der Waals surface area contributed by atoms with Gasteiger partial charge in [0.25, 0.3) is 0 Å². The lowest BCUT2D eigenvalue weighted by molar-refractivity contribution is -0.139. The number of carbonyl (C=O) groups excluding carboxylic acids is 1. The van der Waals surface area contributed by atoms with Crippen molar-refractivity contribution in [2.24, 2.45) is 0 Å². The molecule has 4 aromatic carbocycles. The molecule has 0 heterocycles. The van der Waals surface area contributed by atoms with Crippen LogP contribution in [0.3, 0.4) is 0 Å². The molecule has 4 rings (SSSR count). The van der Waals surface area contributed by atoms with Crippen LogP contribution in [0.5, 0.6) is 11.5 Å². The average Bonchev–Trinajstić information content (AvgIpc) is 3.07. The Kier molecular flexibility index (Phi) is 13.9. The van der Waals surface area contributed by atoms with E-state index in [0.717, 1.165) is 33.1 Å². The van der Waals surface area contributed by atoms with Crippen LogP contribution in [0.15, 0.2) is 82.6 Å².